The number of anilines is 1. The SMILES string of the molecule is COC(=O)c1sc2cc(NC(=S)NC(C)c3cccc(OC)c3)ccc2c1Cl. The number of halogens is 1. The predicted octanol–water partition coefficient (Wildman–Crippen LogP) is 5.40. The highest BCUT2D eigenvalue weighted by Crippen LogP contribution is 2.37. The number of esters is 1. The summed E-state index contributed by atoms with van der Waals surface area (Å²) in [5.74, 6) is 0.358. The van der Waals surface area contributed by atoms with Crippen LogP contribution in [0.25, 0.3) is 10.1 Å². The predicted molar refractivity (Wildman–Crippen MR) is 119 cm³/mol. The van der Waals surface area contributed by atoms with Gasteiger partial charge in [-0.25, -0.2) is 4.79 Å². The van der Waals surface area contributed by atoms with Crippen LogP contribution in [0, 0.1) is 0 Å². The van der Waals surface area contributed by atoms with E-state index in [2.05, 4.69) is 10.6 Å². The second kappa shape index (κ2) is 8.77. The Kier molecular flexibility index (Phi) is 6.39. The fourth-order valence-corrected chi connectivity index (χ4v) is 4.49. The number of ether oxygens (including phenoxy) is 2. The monoisotopic (exact) mass is 434 g/mol. The van der Waals surface area contributed by atoms with Gasteiger partial charge in [0.25, 0.3) is 0 Å². The smallest absolute Gasteiger partial charge is 0.349 e. The molecule has 0 amide bonds. The zero-order chi connectivity index (χ0) is 20.3. The van der Waals surface area contributed by atoms with Gasteiger partial charge in [-0.2, -0.15) is 0 Å². The number of fused-ring (bicyclic) bond motifs is 1. The number of carbonyl (C=O) groups is 1. The molecule has 3 rings (SSSR count). The molecule has 0 spiro atoms. The number of hydrogen-bond acceptors (Lipinski definition) is 5. The van der Waals surface area contributed by atoms with Gasteiger partial charge in [-0.1, -0.05) is 23.7 Å². The average molecular weight is 435 g/mol. The lowest BCUT2D eigenvalue weighted by molar-refractivity contribution is 0.0606. The number of carbonyl (C=O) groups excluding carboxylic acids is 1. The highest BCUT2D eigenvalue weighted by atomic mass is 35.5. The molecule has 1 atom stereocenters. The van der Waals surface area contributed by atoms with Crippen molar-refractivity contribution in [1.82, 2.24) is 5.32 Å². The summed E-state index contributed by atoms with van der Waals surface area (Å²) in [5, 5.41) is 8.13. The first-order valence-corrected chi connectivity index (χ1v) is 10.0. The molecular formula is C20H19ClN2O3S2. The van der Waals surface area contributed by atoms with Crippen molar-refractivity contribution < 1.29 is 14.3 Å². The van der Waals surface area contributed by atoms with Crippen molar-refractivity contribution in [3.8, 4) is 5.75 Å². The molecule has 0 aliphatic carbocycles. The molecule has 2 N–H and O–H groups in total. The van der Waals surface area contributed by atoms with E-state index in [9.17, 15) is 4.79 Å². The molecule has 3 aromatic rings. The first-order valence-electron chi connectivity index (χ1n) is 8.44. The number of nitrogens with one attached hydrogen (secondary N) is 2. The van der Waals surface area contributed by atoms with E-state index < -0.39 is 5.97 Å². The van der Waals surface area contributed by atoms with Gasteiger partial charge in [-0.15, -0.1) is 11.3 Å². The van der Waals surface area contributed by atoms with E-state index in [1.54, 1.807) is 7.11 Å². The van der Waals surface area contributed by atoms with Crippen LogP contribution in [0.15, 0.2) is 42.5 Å². The fraction of sp³-hybridized carbons (Fsp3) is 0.200. The lowest BCUT2D eigenvalue weighted by atomic mass is 10.1. The maximum Gasteiger partial charge on any atom is 0.349 e. The molecule has 0 saturated carbocycles. The Morgan fingerprint density at radius 3 is 2.71 bits per heavy atom. The highest BCUT2D eigenvalue weighted by Gasteiger charge is 2.18. The molecule has 1 unspecified atom stereocenters. The van der Waals surface area contributed by atoms with E-state index in [1.807, 2.05) is 49.4 Å². The first kappa shape index (κ1) is 20.4. The van der Waals surface area contributed by atoms with E-state index in [-0.39, 0.29) is 6.04 Å². The summed E-state index contributed by atoms with van der Waals surface area (Å²) in [4.78, 5) is 12.2. The molecule has 5 nitrogen and oxygen atoms in total. The van der Waals surface area contributed by atoms with Gasteiger partial charge in [0.05, 0.1) is 25.3 Å². The van der Waals surface area contributed by atoms with Gasteiger partial charge < -0.3 is 20.1 Å². The summed E-state index contributed by atoms with van der Waals surface area (Å²) >= 11 is 13.0. The van der Waals surface area contributed by atoms with Gasteiger partial charge in [-0.05, 0) is 55.0 Å². The largest absolute Gasteiger partial charge is 0.497 e. The van der Waals surface area contributed by atoms with Gasteiger partial charge >= 0.3 is 5.97 Å². The molecule has 0 aliphatic heterocycles. The third-order valence-corrected chi connectivity index (χ3v) is 6.06. The van der Waals surface area contributed by atoms with Crippen LogP contribution in [-0.2, 0) is 4.74 Å². The standard InChI is InChI=1S/C20H19ClN2O3S2/c1-11(12-5-4-6-14(9-12)25-2)22-20(27)23-13-7-8-15-16(10-13)28-18(17(15)21)19(24)26-3/h4-11H,1-3H3,(H2,22,23,27). The van der Waals surface area contributed by atoms with Gasteiger partial charge in [0, 0.05) is 15.8 Å². The molecule has 28 heavy (non-hydrogen) atoms. The van der Waals surface area contributed by atoms with Crippen molar-refractivity contribution in [1.29, 1.82) is 0 Å². The third-order valence-electron chi connectivity index (χ3n) is 4.20. The van der Waals surface area contributed by atoms with Crippen LogP contribution < -0.4 is 15.4 Å². The molecule has 0 radical (unpaired) electrons. The minimum absolute atomic E-state index is 0.000871. The number of methoxy groups -OCH3 is 2. The Labute approximate surface area is 177 Å². The maximum absolute atomic E-state index is 11.8. The second-order valence-corrected chi connectivity index (χ2v) is 7.88. The summed E-state index contributed by atoms with van der Waals surface area (Å²) in [5.41, 5.74) is 1.86. The Bertz CT molecular complexity index is 1040. The highest BCUT2D eigenvalue weighted by molar-refractivity contribution is 7.80. The maximum atomic E-state index is 11.8. The molecule has 2 aromatic carbocycles. The van der Waals surface area contributed by atoms with Crippen LogP contribution in [0.3, 0.4) is 0 Å². The second-order valence-electron chi connectivity index (χ2n) is 6.04. The molecule has 0 fully saturated rings. The van der Waals surface area contributed by atoms with E-state index in [0.717, 1.165) is 27.1 Å². The third kappa shape index (κ3) is 4.38. The Morgan fingerprint density at radius 1 is 1.21 bits per heavy atom. The number of thiophene rings is 1. The molecule has 0 aliphatic rings. The average Bonchev–Trinajstić information content (AvgIpc) is 3.03. The minimum Gasteiger partial charge on any atom is -0.497 e. The molecule has 146 valence electrons. The lowest BCUT2D eigenvalue weighted by Crippen LogP contribution is -2.30. The Hall–Kier alpha value is -2.35. The van der Waals surface area contributed by atoms with E-state index >= 15 is 0 Å². The van der Waals surface area contributed by atoms with Gasteiger partial charge in [0.1, 0.15) is 10.6 Å². The van der Waals surface area contributed by atoms with E-state index in [0.29, 0.717) is 15.0 Å². The fourth-order valence-electron chi connectivity index (χ4n) is 2.72. The van der Waals surface area contributed by atoms with Crippen LogP contribution in [0.5, 0.6) is 5.75 Å². The molecule has 1 heterocycles. The van der Waals surface area contributed by atoms with Crippen LogP contribution in [0.2, 0.25) is 5.02 Å². The quantitative estimate of drug-likeness (QED) is 0.414. The number of rotatable bonds is 5. The van der Waals surface area contributed by atoms with Crippen LogP contribution in [0.4, 0.5) is 5.69 Å². The van der Waals surface area contributed by atoms with Crippen molar-refractivity contribution in [3.63, 3.8) is 0 Å². The summed E-state index contributed by atoms with van der Waals surface area (Å²) in [6.45, 7) is 2.02. The van der Waals surface area contributed by atoms with Crippen molar-refractivity contribution >= 4 is 62.0 Å². The summed E-state index contributed by atoms with van der Waals surface area (Å²) in [6.07, 6.45) is 0. The van der Waals surface area contributed by atoms with Crippen molar-refractivity contribution in [2.75, 3.05) is 19.5 Å². The zero-order valence-electron chi connectivity index (χ0n) is 15.5. The molecule has 0 saturated heterocycles. The summed E-state index contributed by atoms with van der Waals surface area (Å²) in [7, 11) is 2.98. The van der Waals surface area contributed by atoms with Crippen molar-refractivity contribution in [3.05, 3.63) is 57.9 Å². The minimum atomic E-state index is -0.440. The number of benzene rings is 2. The van der Waals surface area contributed by atoms with Crippen LogP contribution >= 0.6 is 35.2 Å². The summed E-state index contributed by atoms with van der Waals surface area (Å²) in [6, 6.07) is 13.4. The topological polar surface area (TPSA) is 59.6 Å². The summed E-state index contributed by atoms with van der Waals surface area (Å²) < 4.78 is 10.9. The first-order chi connectivity index (χ1) is 13.4. The van der Waals surface area contributed by atoms with E-state index in [4.69, 9.17) is 33.3 Å². The normalized spacial score (nSPS) is 11.7. The van der Waals surface area contributed by atoms with Crippen molar-refractivity contribution in [2.24, 2.45) is 0 Å². The van der Waals surface area contributed by atoms with Gasteiger partial charge in [-0.3, -0.25) is 0 Å². The lowest BCUT2D eigenvalue weighted by Gasteiger charge is -2.18. The molecule has 8 heteroatoms. The molecule has 0 bridgehead atoms. The zero-order valence-corrected chi connectivity index (χ0v) is 17.9. The van der Waals surface area contributed by atoms with Crippen LogP contribution in [0.1, 0.15) is 28.2 Å². The van der Waals surface area contributed by atoms with Gasteiger partial charge in [0.2, 0.25) is 0 Å². The van der Waals surface area contributed by atoms with Gasteiger partial charge in [0.15, 0.2) is 5.11 Å². The van der Waals surface area contributed by atoms with Crippen molar-refractivity contribution in [2.45, 2.75) is 13.0 Å². The Balaban J connectivity index is 1.73. The number of hydrogen-bond donors (Lipinski definition) is 2. The van der Waals surface area contributed by atoms with E-state index in [1.165, 1.54) is 18.4 Å². The Morgan fingerprint density at radius 2 is 2.00 bits per heavy atom. The van der Waals surface area contributed by atoms with Crippen LogP contribution in [-0.4, -0.2) is 25.3 Å². The molecular weight excluding hydrogens is 416 g/mol. The number of thiocarbonyl (C=S) groups is 1. The molecule has 1 aromatic heterocycles.